The van der Waals surface area contributed by atoms with E-state index in [0.717, 1.165) is 17.0 Å². The minimum atomic E-state index is 0.330. The maximum atomic E-state index is 9.06. The topological polar surface area (TPSA) is 42.4 Å². The van der Waals surface area contributed by atoms with Gasteiger partial charge in [0.15, 0.2) is 0 Å². The molecule has 0 unspecified atom stereocenters. The summed E-state index contributed by atoms with van der Waals surface area (Å²) >= 11 is 0. The Morgan fingerprint density at radius 2 is 2.12 bits per heavy atom. The van der Waals surface area contributed by atoms with Crippen LogP contribution >= 0.6 is 0 Å². The summed E-state index contributed by atoms with van der Waals surface area (Å²) in [6.45, 7) is 2.49. The molecule has 2 aromatic rings. The lowest BCUT2D eigenvalue weighted by Crippen LogP contribution is -1.82. The molecular formula is C13H13NO2. The third-order valence-corrected chi connectivity index (χ3v) is 2.26. The number of ether oxygens (including phenoxy) is 1. The lowest BCUT2D eigenvalue weighted by molar-refractivity contribution is 0.323. The number of aromatic nitrogens is 1. The second-order valence-corrected chi connectivity index (χ2v) is 3.55. The van der Waals surface area contributed by atoms with Crippen LogP contribution in [0.15, 0.2) is 42.6 Å². The molecule has 0 radical (unpaired) electrons. The molecule has 16 heavy (non-hydrogen) atoms. The van der Waals surface area contributed by atoms with Gasteiger partial charge in [0.05, 0.1) is 0 Å². The van der Waals surface area contributed by atoms with Crippen molar-refractivity contribution in [2.24, 2.45) is 0 Å². The standard InChI is InChI=1S/C7H6O2.C6H7N/c8-7-2-1-6-3-5(7)4-9-6;1-6-4-2-3-5-7-6/h1-3,8H,4H2;2-5H,1H3. The fourth-order valence-corrected chi connectivity index (χ4v) is 1.38. The van der Waals surface area contributed by atoms with Crippen molar-refractivity contribution in [2.45, 2.75) is 13.5 Å². The van der Waals surface area contributed by atoms with E-state index in [-0.39, 0.29) is 0 Å². The third-order valence-electron chi connectivity index (χ3n) is 2.26. The van der Waals surface area contributed by atoms with Crippen molar-refractivity contribution in [1.29, 1.82) is 0 Å². The van der Waals surface area contributed by atoms with Crippen LogP contribution < -0.4 is 4.74 Å². The highest BCUT2D eigenvalue weighted by molar-refractivity contribution is 5.42. The number of pyridine rings is 1. The van der Waals surface area contributed by atoms with Gasteiger partial charge in [0.1, 0.15) is 18.1 Å². The van der Waals surface area contributed by atoms with Gasteiger partial charge in [-0.25, -0.2) is 0 Å². The van der Waals surface area contributed by atoms with E-state index in [1.807, 2.05) is 31.2 Å². The van der Waals surface area contributed by atoms with Crippen LogP contribution in [-0.4, -0.2) is 10.1 Å². The smallest absolute Gasteiger partial charge is 0.122 e. The zero-order valence-electron chi connectivity index (χ0n) is 9.05. The SMILES string of the molecule is Cc1ccccn1.Oc1ccc2cc1CO2. The van der Waals surface area contributed by atoms with Crippen molar-refractivity contribution in [2.75, 3.05) is 0 Å². The van der Waals surface area contributed by atoms with Crippen LogP contribution in [0.4, 0.5) is 0 Å². The van der Waals surface area contributed by atoms with Gasteiger partial charge in [-0.05, 0) is 37.3 Å². The largest absolute Gasteiger partial charge is 0.508 e. The second kappa shape index (κ2) is 4.66. The highest BCUT2D eigenvalue weighted by atomic mass is 16.5. The molecule has 1 aromatic carbocycles. The monoisotopic (exact) mass is 215 g/mol. The molecule has 0 spiro atoms. The van der Waals surface area contributed by atoms with Crippen LogP contribution in [0.25, 0.3) is 0 Å². The number of fused-ring (bicyclic) bond motifs is 2. The van der Waals surface area contributed by atoms with Gasteiger partial charge in [0, 0.05) is 17.5 Å². The number of nitrogens with zero attached hydrogens (tertiary/aromatic N) is 1. The lowest BCUT2D eigenvalue weighted by atomic mass is 10.2. The molecule has 82 valence electrons. The Hall–Kier alpha value is -2.03. The quantitative estimate of drug-likeness (QED) is 0.734. The third kappa shape index (κ3) is 2.51. The molecule has 3 rings (SSSR count). The number of hydrogen-bond donors (Lipinski definition) is 1. The summed E-state index contributed by atoms with van der Waals surface area (Å²) in [6.07, 6.45) is 1.79. The van der Waals surface area contributed by atoms with Gasteiger partial charge in [-0.3, -0.25) is 4.98 Å². The zero-order chi connectivity index (χ0) is 11.4. The first-order valence-electron chi connectivity index (χ1n) is 5.08. The molecule has 0 saturated heterocycles. The molecular weight excluding hydrogens is 202 g/mol. The van der Waals surface area contributed by atoms with Crippen LogP contribution in [-0.2, 0) is 6.61 Å². The fourth-order valence-electron chi connectivity index (χ4n) is 1.38. The Morgan fingerprint density at radius 1 is 1.25 bits per heavy atom. The van der Waals surface area contributed by atoms with E-state index in [0.29, 0.717) is 12.4 Å². The van der Waals surface area contributed by atoms with E-state index in [1.165, 1.54) is 0 Å². The number of hydrogen-bond acceptors (Lipinski definition) is 3. The molecule has 1 aliphatic heterocycles. The van der Waals surface area contributed by atoms with Crippen molar-refractivity contribution in [3.63, 3.8) is 0 Å². The van der Waals surface area contributed by atoms with E-state index >= 15 is 0 Å². The first-order valence-corrected chi connectivity index (χ1v) is 5.08. The van der Waals surface area contributed by atoms with Crippen LogP contribution in [0.1, 0.15) is 11.3 Å². The average molecular weight is 215 g/mol. The van der Waals surface area contributed by atoms with Crippen molar-refractivity contribution in [1.82, 2.24) is 4.98 Å². The highest BCUT2D eigenvalue weighted by Gasteiger charge is 2.10. The van der Waals surface area contributed by atoms with Gasteiger partial charge in [-0.2, -0.15) is 0 Å². The van der Waals surface area contributed by atoms with E-state index < -0.39 is 0 Å². The normalized spacial score (nSPS) is 11.3. The van der Waals surface area contributed by atoms with Crippen molar-refractivity contribution in [3.8, 4) is 11.5 Å². The molecule has 3 nitrogen and oxygen atoms in total. The summed E-state index contributed by atoms with van der Waals surface area (Å²) in [7, 11) is 0. The van der Waals surface area contributed by atoms with Crippen LogP contribution in [0.2, 0.25) is 0 Å². The lowest BCUT2D eigenvalue weighted by Gasteiger charge is -1.89. The Kier molecular flexibility index (Phi) is 3.05. The number of rotatable bonds is 0. The number of phenolic OH excluding ortho intramolecular Hbond substituents is 1. The van der Waals surface area contributed by atoms with Gasteiger partial charge >= 0.3 is 0 Å². The maximum absolute atomic E-state index is 9.06. The molecule has 0 saturated carbocycles. The molecule has 0 fully saturated rings. The summed E-state index contributed by atoms with van der Waals surface area (Å²) in [5.74, 6) is 1.18. The van der Waals surface area contributed by atoms with Crippen LogP contribution in [0, 0.1) is 6.92 Å². The summed E-state index contributed by atoms with van der Waals surface area (Å²) < 4.78 is 5.10. The summed E-state index contributed by atoms with van der Waals surface area (Å²) in [5.41, 5.74) is 1.95. The van der Waals surface area contributed by atoms with Gasteiger partial charge in [-0.15, -0.1) is 0 Å². The van der Waals surface area contributed by atoms with Crippen molar-refractivity contribution in [3.05, 3.63) is 53.9 Å². The van der Waals surface area contributed by atoms with Crippen LogP contribution in [0.5, 0.6) is 11.5 Å². The number of aryl methyl sites for hydroxylation is 1. The molecule has 1 aromatic heterocycles. The number of benzene rings is 1. The highest BCUT2D eigenvalue weighted by Crippen LogP contribution is 2.29. The molecule has 0 amide bonds. The molecule has 3 heteroatoms. The van der Waals surface area contributed by atoms with E-state index in [4.69, 9.17) is 9.84 Å². The Bertz CT molecular complexity index is 469. The molecule has 1 N–H and O–H groups in total. The first kappa shape index (κ1) is 10.5. The Balaban J connectivity index is 0.000000125. The van der Waals surface area contributed by atoms with Gasteiger partial charge in [0.25, 0.3) is 0 Å². The average Bonchev–Trinajstić information content (AvgIpc) is 2.70. The van der Waals surface area contributed by atoms with Crippen molar-refractivity contribution >= 4 is 0 Å². The number of phenols is 1. The Morgan fingerprint density at radius 3 is 2.69 bits per heavy atom. The zero-order valence-corrected chi connectivity index (χ0v) is 9.05. The maximum Gasteiger partial charge on any atom is 0.122 e. The first-order chi connectivity index (χ1) is 7.75. The molecule has 2 bridgehead atoms. The van der Waals surface area contributed by atoms with E-state index in [1.54, 1.807) is 18.3 Å². The predicted octanol–water partition coefficient (Wildman–Crippen LogP) is 2.67. The minimum Gasteiger partial charge on any atom is -0.508 e. The number of aromatic hydroxyl groups is 1. The van der Waals surface area contributed by atoms with E-state index in [2.05, 4.69) is 4.98 Å². The molecule has 2 heterocycles. The van der Waals surface area contributed by atoms with E-state index in [9.17, 15) is 0 Å². The van der Waals surface area contributed by atoms with Crippen LogP contribution in [0.3, 0.4) is 0 Å². The van der Waals surface area contributed by atoms with Crippen molar-refractivity contribution < 1.29 is 9.84 Å². The summed E-state index contributed by atoms with van der Waals surface area (Å²) in [5, 5.41) is 9.06. The molecule has 0 aliphatic carbocycles. The van der Waals surface area contributed by atoms with Gasteiger partial charge in [-0.1, -0.05) is 6.07 Å². The molecule has 0 atom stereocenters. The Labute approximate surface area is 94.3 Å². The summed E-state index contributed by atoms with van der Waals surface area (Å²) in [4.78, 5) is 3.98. The predicted molar refractivity (Wildman–Crippen MR) is 61.4 cm³/mol. The minimum absolute atomic E-state index is 0.330. The molecule has 1 aliphatic rings. The fraction of sp³-hybridized carbons (Fsp3) is 0.154. The van der Waals surface area contributed by atoms with Gasteiger partial charge in [0.2, 0.25) is 0 Å². The second-order valence-electron chi connectivity index (χ2n) is 3.55. The summed E-state index contributed by atoms with van der Waals surface area (Å²) in [6, 6.07) is 11.1. The van der Waals surface area contributed by atoms with Gasteiger partial charge < -0.3 is 9.84 Å².